The number of para-hydroxylation sites is 1. The van der Waals surface area contributed by atoms with Crippen LogP contribution < -0.4 is 0 Å². The normalized spacial score (nSPS) is 12.3. The van der Waals surface area contributed by atoms with Crippen LogP contribution in [0.4, 0.5) is 13.2 Å². The first-order valence-corrected chi connectivity index (χ1v) is 8.65. The van der Waals surface area contributed by atoms with Gasteiger partial charge in [-0.25, -0.2) is 19.2 Å². The summed E-state index contributed by atoms with van der Waals surface area (Å²) in [6, 6.07) is 10.5. The van der Waals surface area contributed by atoms with Gasteiger partial charge in [-0.3, -0.25) is 4.68 Å². The molecule has 0 bridgehead atoms. The van der Waals surface area contributed by atoms with Gasteiger partial charge >= 0.3 is 6.18 Å². The van der Waals surface area contributed by atoms with Crippen molar-refractivity contribution in [3.05, 3.63) is 66.1 Å². The fourth-order valence-electron chi connectivity index (χ4n) is 3.13. The third kappa shape index (κ3) is 2.91. The largest absolute Gasteiger partial charge is 0.435 e. The zero-order valence-corrected chi connectivity index (χ0v) is 15.0. The molecule has 0 saturated heterocycles. The second-order valence-corrected chi connectivity index (χ2v) is 6.50. The van der Waals surface area contributed by atoms with Crippen molar-refractivity contribution in [1.29, 1.82) is 0 Å². The molecule has 0 aliphatic rings. The number of aryl methyl sites for hydroxylation is 1. The Labute approximate surface area is 161 Å². The van der Waals surface area contributed by atoms with Gasteiger partial charge in [0.25, 0.3) is 0 Å². The Bertz CT molecular complexity index is 1330. The quantitative estimate of drug-likeness (QED) is 0.467. The van der Waals surface area contributed by atoms with Gasteiger partial charge < -0.3 is 0 Å². The second kappa shape index (κ2) is 6.12. The van der Waals surface area contributed by atoms with Crippen molar-refractivity contribution in [1.82, 2.24) is 39.1 Å². The van der Waals surface area contributed by atoms with Gasteiger partial charge in [-0.15, -0.1) is 5.10 Å². The summed E-state index contributed by atoms with van der Waals surface area (Å²) < 4.78 is 43.0. The van der Waals surface area contributed by atoms with Crippen molar-refractivity contribution in [3.63, 3.8) is 0 Å². The molecular weight excluding hydrogens is 385 g/mol. The summed E-state index contributed by atoms with van der Waals surface area (Å²) in [5.74, 6) is 0.326. The lowest BCUT2D eigenvalue weighted by Crippen LogP contribution is -2.09. The van der Waals surface area contributed by atoms with Crippen molar-refractivity contribution in [2.75, 3.05) is 0 Å². The van der Waals surface area contributed by atoms with E-state index >= 15 is 0 Å². The number of benzene rings is 1. The first-order chi connectivity index (χ1) is 13.9. The molecule has 8 nitrogen and oxygen atoms in total. The van der Waals surface area contributed by atoms with Gasteiger partial charge in [0.15, 0.2) is 22.8 Å². The van der Waals surface area contributed by atoms with Gasteiger partial charge in [-0.1, -0.05) is 18.2 Å². The second-order valence-electron chi connectivity index (χ2n) is 6.50. The highest BCUT2D eigenvalue weighted by molar-refractivity contribution is 5.89. The third-order valence-corrected chi connectivity index (χ3v) is 4.51. The molecule has 4 aromatic heterocycles. The predicted molar refractivity (Wildman–Crippen MR) is 96.5 cm³/mol. The predicted octanol–water partition coefficient (Wildman–Crippen LogP) is 3.04. The molecule has 0 N–H and O–H groups in total. The Morgan fingerprint density at radius 1 is 1.03 bits per heavy atom. The van der Waals surface area contributed by atoms with E-state index in [4.69, 9.17) is 0 Å². The molecule has 1 aromatic carbocycles. The number of hydrogen-bond donors (Lipinski definition) is 0. The van der Waals surface area contributed by atoms with Gasteiger partial charge in [0.05, 0.1) is 17.3 Å². The Morgan fingerprint density at radius 3 is 2.55 bits per heavy atom. The Kier molecular flexibility index (Phi) is 3.66. The van der Waals surface area contributed by atoms with Crippen LogP contribution in [0.3, 0.4) is 0 Å². The number of rotatable bonds is 3. The maximum Gasteiger partial charge on any atom is 0.435 e. The third-order valence-electron chi connectivity index (χ3n) is 4.51. The first kappa shape index (κ1) is 17.3. The van der Waals surface area contributed by atoms with Crippen molar-refractivity contribution >= 4 is 16.7 Å². The van der Waals surface area contributed by atoms with Crippen LogP contribution in [0.5, 0.6) is 0 Å². The zero-order valence-electron chi connectivity index (χ0n) is 15.0. The van der Waals surface area contributed by atoms with Gasteiger partial charge in [0.1, 0.15) is 12.9 Å². The van der Waals surface area contributed by atoms with Crippen LogP contribution in [-0.4, -0.2) is 39.1 Å². The minimum Gasteiger partial charge on any atom is -0.262 e. The number of nitrogens with zero attached hydrogens (tertiary/aromatic N) is 8. The van der Waals surface area contributed by atoms with Gasteiger partial charge in [-0.2, -0.15) is 23.4 Å². The molecule has 29 heavy (non-hydrogen) atoms. The van der Waals surface area contributed by atoms with Gasteiger partial charge in [0.2, 0.25) is 0 Å². The molecule has 0 atom stereocenters. The van der Waals surface area contributed by atoms with Crippen LogP contribution in [0, 0.1) is 6.92 Å². The highest BCUT2D eigenvalue weighted by Gasteiger charge is 2.34. The lowest BCUT2D eigenvalue weighted by atomic mass is 10.3. The van der Waals surface area contributed by atoms with E-state index in [-0.39, 0.29) is 6.54 Å². The molecular formula is C18H13F3N8. The average molecular weight is 398 g/mol. The molecule has 0 saturated carbocycles. The van der Waals surface area contributed by atoms with Crippen molar-refractivity contribution in [3.8, 4) is 5.69 Å². The lowest BCUT2D eigenvalue weighted by Gasteiger charge is -2.01. The monoisotopic (exact) mass is 398 g/mol. The number of aromatic nitrogens is 8. The van der Waals surface area contributed by atoms with Crippen molar-refractivity contribution in [2.45, 2.75) is 19.6 Å². The van der Waals surface area contributed by atoms with Gasteiger partial charge in [0, 0.05) is 5.69 Å². The van der Waals surface area contributed by atoms with E-state index in [2.05, 4.69) is 25.3 Å². The summed E-state index contributed by atoms with van der Waals surface area (Å²) in [7, 11) is 0. The summed E-state index contributed by atoms with van der Waals surface area (Å²) in [5, 5.41) is 13.0. The van der Waals surface area contributed by atoms with E-state index in [0.717, 1.165) is 11.8 Å². The highest BCUT2D eigenvalue weighted by Crippen LogP contribution is 2.28. The minimum absolute atomic E-state index is 0.0118. The van der Waals surface area contributed by atoms with Crippen LogP contribution >= 0.6 is 0 Å². The zero-order chi connectivity index (χ0) is 20.2. The summed E-state index contributed by atoms with van der Waals surface area (Å²) in [6.45, 7) is 1.57. The molecule has 11 heteroatoms. The fraction of sp³-hybridized carbons (Fsp3) is 0.167. The molecule has 0 fully saturated rings. The number of hydrogen-bond acceptors (Lipinski definition) is 5. The molecule has 0 aliphatic carbocycles. The topological polar surface area (TPSA) is 78.7 Å². The molecule has 4 heterocycles. The van der Waals surface area contributed by atoms with Crippen LogP contribution in [0.15, 0.2) is 48.9 Å². The molecule has 146 valence electrons. The molecule has 0 aliphatic heterocycles. The Balaban J connectivity index is 1.55. The van der Waals surface area contributed by atoms with Crippen molar-refractivity contribution in [2.24, 2.45) is 0 Å². The first-order valence-electron chi connectivity index (χ1n) is 8.65. The summed E-state index contributed by atoms with van der Waals surface area (Å²) in [5.41, 5.74) is 1.42. The molecule has 0 unspecified atom stereocenters. The Morgan fingerprint density at radius 2 is 1.83 bits per heavy atom. The van der Waals surface area contributed by atoms with E-state index < -0.39 is 11.9 Å². The van der Waals surface area contributed by atoms with Gasteiger partial charge in [-0.05, 0) is 25.1 Å². The van der Waals surface area contributed by atoms with Crippen LogP contribution in [0.2, 0.25) is 0 Å². The molecule has 0 radical (unpaired) electrons. The van der Waals surface area contributed by atoms with Crippen molar-refractivity contribution < 1.29 is 13.2 Å². The van der Waals surface area contributed by atoms with E-state index in [1.165, 1.54) is 15.5 Å². The molecule has 5 rings (SSSR count). The summed E-state index contributed by atoms with van der Waals surface area (Å²) in [4.78, 5) is 8.88. The lowest BCUT2D eigenvalue weighted by molar-refractivity contribution is -0.141. The fourth-order valence-corrected chi connectivity index (χ4v) is 3.13. The minimum atomic E-state index is -4.50. The standard InChI is InChI=1S/C18H13F3N8/c1-11-7-14(18(19,20)21)25-27(11)9-15-24-17-13-8-23-29(12-5-3-2-4-6-12)16(13)22-10-28(17)26-15/h2-8,10H,9H2,1H3. The molecule has 5 aromatic rings. The van der Waals surface area contributed by atoms with E-state index in [0.29, 0.717) is 28.2 Å². The highest BCUT2D eigenvalue weighted by atomic mass is 19.4. The number of halogens is 3. The maximum absolute atomic E-state index is 12.9. The molecule has 0 amide bonds. The van der Waals surface area contributed by atoms with E-state index in [1.807, 2.05) is 30.3 Å². The van der Waals surface area contributed by atoms with E-state index in [1.54, 1.807) is 17.8 Å². The summed E-state index contributed by atoms with van der Waals surface area (Å²) >= 11 is 0. The van der Waals surface area contributed by atoms with Crippen LogP contribution in [0.25, 0.3) is 22.4 Å². The molecule has 0 spiro atoms. The smallest absolute Gasteiger partial charge is 0.262 e. The number of fused-ring (bicyclic) bond motifs is 3. The Hall–Kier alpha value is -3.76. The number of alkyl halides is 3. The maximum atomic E-state index is 12.9. The SMILES string of the molecule is Cc1cc(C(F)(F)F)nn1Cc1nc2c3cnn(-c4ccccc4)c3ncn2n1. The van der Waals surface area contributed by atoms with Crippen LogP contribution in [-0.2, 0) is 12.7 Å². The van der Waals surface area contributed by atoms with Crippen LogP contribution in [0.1, 0.15) is 17.2 Å². The van der Waals surface area contributed by atoms with E-state index in [9.17, 15) is 13.2 Å². The average Bonchev–Trinajstić information content (AvgIpc) is 3.38. The summed E-state index contributed by atoms with van der Waals surface area (Å²) in [6.07, 6.45) is -1.35.